The van der Waals surface area contributed by atoms with Crippen molar-refractivity contribution in [2.75, 3.05) is 13.1 Å². The molecule has 2 rings (SSSR count). The van der Waals surface area contributed by atoms with Gasteiger partial charge in [-0.05, 0) is 31.5 Å². The van der Waals surface area contributed by atoms with Crippen molar-refractivity contribution in [3.63, 3.8) is 0 Å². The molecule has 0 saturated heterocycles. The van der Waals surface area contributed by atoms with Crippen molar-refractivity contribution in [1.29, 1.82) is 0 Å². The van der Waals surface area contributed by atoms with Gasteiger partial charge in [-0.15, -0.1) is 0 Å². The summed E-state index contributed by atoms with van der Waals surface area (Å²) in [5.41, 5.74) is 1.31. The van der Waals surface area contributed by atoms with Crippen LogP contribution in [0, 0.1) is 5.92 Å². The van der Waals surface area contributed by atoms with Crippen molar-refractivity contribution in [2.45, 2.75) is 58.4 Å². The summed E-state index contributed by atoms with van der Waals surface area (Å²) in [6.45, 7) is 6.40. The van der Waals surface area contributed by atoms with Gasteiger partial charge in [0.1, 0.15) is 5.78 Å². The second-order valence-electron chi connectivity index (χ2n) is 6.10. The van der Waals surface area contributed by atoms with Gasteiger partial charge < -0.3 is 0 Å². The second kappa shape index (κ2) is 8.33. The van der Waals surface area contributed by atoms with E-state index < -0.39 is 0 Å². The average molecular weight is 287 g/mol. The second-order valence-corrected chi connectivity index (χ2v) is 6.10. The van der Waals surface area contributed by atoms with E-state index in [0.717, 1.165) is 32.4 Å². The molecule has 1 aliphatic carbocycles. The minimum absolute atomic E-state index is 0.174. The van der Waals surface area contributed by atoms with E-state index in [-0.39, 0.29) is 12.0 Å². The molecule has 2 nitrogen and oxygen atoms in total. The summed E-state index contributed by atoms with van der Waals surface area (Å²) in [4.78, 5) is 15.1. The molecule has 1 saturated carbocycles. The summed E-state index contributed by atoms with van der Waals surface area (Å²) >= 11 is 0. The van der Waals surface area contributed by atoms with Crippen LogP contribution in [0.15, 0.2) is 30.3 Å². The number of carbonyl (C=O) groups excluding carboxylic acids is 1. The van der Waals surface area contributed by atoms with E-state index in [9.17, 15) is 4.79 Å². The van der Waals surface area contributed by atoms with Crippen LogP contribution in [0.4, 0.5) is 0 Å². The third-order valence-corrected chi connectivity index (χ3v) is 4.83. The number of Topliss-reactive ketones (excluding diaryl/α,β-unsaturated/α-hetero) is 1. The molecular weight excluding hydrogens is 258 g/mol. The van der Waals surface area contributed by atoms with Crippen molar-refractivity contribution < 1.29 is 4.79 Å². The molecule has 0 spiro atoms. The van der Waals surface area contributed by atoms with Gasteiger partial charge in [-0.3, -0.25) is 9.69 Å². The largest absolute Gasteiger partial charge is 0.299 e. The van der Waals surface area contributed by atoms with Crippen molar-refractivity contribution in [3.05, 3.63) is 35.9 Å². The van der Waals surface area contributed by atoms with Crippen molar-refractivity contribution >= 4 is 5.78 Å². The first kappa shape index (κ1) is 16.2. The van der Waals surface area contributed by atoms with Gasteiger partial charge in [0.25, 0.3) is 0 Å². The van der Waals surface area contributed by atoms with Crippen molar-refractivity contribution in [3.8, 4) is 0 Å². The zero-order chi connectivity index (χ0) is 15.1. The van der Waals surface area contributed by atoms with Gasteiger partial charge in [0.05, 0.1) is 0 Å². The fraction of sp³-hybridized carbons (Fsp3) is 0.632. The Hall–Kier alpha value is -1.15. The lowest BCUT2D eigenvalue weighted by atomic mass is 9.81. The Morgan fingerprint density at radius 2 is 1.71 bits per heavy atom. The number of carbonyl (C=O) groups is 1. The fourth-order valence-corrected chi connectivity index (χ4v) is 3.66. The molecule has 1 aromatic carbocycles. The van der Waals surface area contributed by atoms with Crippen LogP contribution in [-0.4, -0.2) is 23.8 Å². The van der Waals surface area contributed by atoms with E-state index in [0.29, 0.717) is 5.78 Å². The highest BCUT2D eigenvalue weighted by molar-refractivity contribution is 5.82. The van der Waals surface area contributed by atoms with Gasteiger partial charge in [0, 0.05) is 18.4 Å². The normalized spacial score (nSPS) is 21.9. The lowest BCUT2D eigenvalue weighted by molar-refractivity contribution is -0.126. The van der Waals surface area contributed by atoms with Crippen LogP contribution in [-0.2, 0) is 4.79 Å². The minimum Gasteiger partial charge on any atom is -0.299 e. The first-order valence-corrected chi connectivity index (χ1v) is 8.59. The van der Waals surface area contributed by atoms with Crippen molar-refractivity contribution in [1.82, 2.24) is 4.90 Å². The maximum atomic E-state index is 12.7. The van der Waals surface area contributed by atoms with Gasteiger partial charge in [0.2, 0.25) is 0 Å². The Morgan fingerprint density at radius 3 is 2.38 bits per heavy atom. The summed E-state index contributed by atoms with van der Waals surface area (Å²) in [5, 5.41) is 0. The highest BCUT2D eigenvalue weighted by atomic mass is 16.1. The van der Waals surface area contributed by atoms with E-state index in [1.165, 1.54) is 24.8 Å². The smallest absolute Gasteiger partial charge is 0.137 e. The van der Waals surface area contributed by atoms with Crippen LogP contribution in [0.3, 0.4) is 0 Å². The number of hydrogen-bond acceptors (Lipinski definition) is 2. The lowest BCUT2D eigenvalue weighted by Gasteiger charge is -2.36. The summed E-state index contributed by atoms with van der Waals surface area (Å²) < 4.78 is 0. The maximum absolute atomic E-state index is 12.7. The molecule has 1 fully saturated rings. The van der Waals surface area contributed by atoms with E-state index in [1.54, 1.807) is 0 Å². The first-order chi connectivity index (χ1) is 10.3. The highest BCUT2D eigenvalue weighted by Crippen LogP contribution is 2.35. The Morgan fingerprint density at radius 1 is 1.05 bits per heavy atom. The molecule has 0 aliphatic heterocycles. The number of benzene rings is 1. The summed E-state index contributed by atoms with van der Waals surface area (Å²) in [7, 11) is 0. The summed E-state index contributed by atoms with van der Waals surface area (Å²) in [6, 6.07) is 10.9. The minimum atomic E-state index is 0.174. The average Bonchev–Trinajstić information content (AvgIpc) is 2.51. The molecule has 0 bridgehead atoms. The standard InChI is InChI=1S/C19H29NO/c1-3-20(4-2)19(16-12-8-7-9-13-16)17-14-10-5-6-11-15-18(17)21/h7-9,12-13,17,19H,3-6,10-11,14-15H2,1-2H3. The van der Waals surface area contributed by atoms with Gasteiger partial charge in [-0.1, -0.05) is 63.4 Å². The van der Waals surface area contributed by atoms with Crippen LogP contribution >= 0.6 is 0 Å². The predicted molar refractivity (Wildman–Crippen MR) is 88.3 cm³/mol. The molecule has 0 amide bonds. The van der Waals surface area contributed by atoms with Crippen LogP contribution < -0.4 is 0 Å². The predicted octanol–water partition coefficient (Wildman–Crippen LogP) is 4.61. The molecule has 0 aromatic heterocycles. The molecule has 0 radical (unpaired) electrons. The van der Waals surface area contributed by atoms with Crippen LogP contribution in [0.25, 0.3) is 0 Å². The zero-order valence-electron chi connectivity index (χ0n) is 13.6. The first-order valence-electron chi connectivity index (χ1n) is 8.59. The number of hydrogen-bond donors (Lipinski definition) is 0. The van der Waals surface area contributed by atoms with Gasteiger partial charge in [-0.2, -0.15) is 0 Å². The van der Waals surface area contributed by atoms with Crippen molar-refractivity contribution in [2.24, 2.45) is 5.92 Å². The van der Waals surface area contributed by atoms with Gasteiger partial charge in [-0.25, -0.2) is 0 Å². The molecule has 2 unspecified atom stereocenters. The fourth-order valence-electron chi connectivity index (χ4n) is 3.66. The Labute approximate surface area is 129 Å². The number of nitrogens with zero attached hydrogens (tertiary/aromatic N) is 1. The Kier molecular flexibility index (Phi) is 6.44. The van der Waals surface area contributed by atoms with E-state index in [2.05, 4.69) is 49.1 Å². The van der Waals surface area contributed by atoms with E-state index in [4.69, 9.17) is 0 Å². The van der Waals surface area contributed by atoms with Gasteiger partial charge in [0.15, 0.2) is 0 Å². The Bertz CT molecular complexity index is 424. The molecule has 2 heteroatoms. The SMILES string of the molecule is CCN(CC)C(c1ccccc1)C1CCCCCCC1=O. The molecule has 0 N–H and O–H groups in total. The highest BCUT2D eigenvalue weighted by Gasteiger charge is 2.32. The topological polar surface area (TPSA) is 20.3 Å². The molecule has 21 heavy (non-hydrogen) atoms. The molecule has 2 atom stereocenters. The van der Waals surface area contributed by atoms with Crippen LogP contribution in [0.1, 0.15) is 64.0 Å². The molecular formula is C19H29NO. The lowest BCUT2D eigenvalue weighted by Crippen LogP contribution is -2.37. The Balaban J connectivity index is 2.30. The molecule has 1 aromatic rings. The quantitative estimate of drug-likeness (QED) is 0.788. The maximum Gasteiger partial charge on any atom is 0.137 e. The molecule has 116 valence electrons. The monoisotopic (exact) mass is 287 g/mol. The number of rotatable bonds is 5. The van der Waals surface area contributed by atoms with Crippen LogP contribution in [0.5, 0.6) is 0 Å². The van der Waals surface area contributed by atoms with Gasteiger partial charge >= 0.3 is 0 Å². The van der Waals surface area contributed by atoms with E-state index in [1.807, 2.05) is 0 Å². The summed E-state index contributed by atoms with van der Waals surface area (Å²) in [5.74, 6) is 0.656. The third kappa shape index (κ3) is 4.16. The van der Waals surface area contributed by atoms with Crippen LogP contribution in [0.2, 0.25) is 0 Å². The third-order valence-electron chi connectivity index (χ3n) is 4.83. The summed E-state index contributed by atoms with van der Waals surface area (Å²) in [6.07, 6.45) is 6.60. The number of ketones is 1. The van der Waals surface area contributed by atoms with E-state index >= 15 is 0 Å². The zero-order valence-corrected chi connectivity index (χ0v) is 13.6. The molecule has 1 aliphatic rings. The molecule has 0 heterocycles.